The highest BCUT2D eigenvalue weighted by molar-refractivity contribution is 5.89. The van der Waals surface area contributed by atoms with E-state index in [1.807, 2.05) is 60.7 Å². The lowest BCUT2D eigenvalue weighted by atomic mass is 9.89. The summed E-state index contributed by atoms with van der Waals surface area (Å²) < 4.78 is 63.6. The number of alkyl halides is 4. The van der Waals surface area contributed by atoms with Crippen LogP contribution in [0.2, 0.25) is 0 Å². The van der Waals surface area contributed by atoms with Crippen molar-refractivity contribution < 1.29 is 22.3 Å². The molecule has 212 valence electrons. The molecule has 9 heteroatoms. The van der Waals surface area contributed by atoms with Gasteiger partial charge in [0.1, 0.15) is 18.2 Å². The molecule has 0 fully saturated rings. The van der Waals surface area contributed by atoms with Crippen LogP contribution in [-0.4, -0.2) is 0 Å². The first kappa shape index (κ1) is 28.2. The van der Waals surface area contributed by atoms with Gasteiger partial charge in [0.15, 0.2) is 0 Å². The number of hydrogen-bond acceptors (Lipinski definition) is 5. The molecule has 1 aliphatic rings. The number of nitrogens with zero attached hydrogens (tertiary/aromatic N) is 4. The number of halogens is 4. The minimum absolute atomic E-state index is 0.322. The van der Waals surface area contributed by atoms with E-state index < -0.39 is 45.7 Å². The van der Waals surface area contributed by atoms with Crippen LogP contribution in [-0.2, 0) is 17.0 Å². The Morgan fingerprint density at radius 3 is 1.23 bits per heavy atom. The van der Waals surface area contributed by atoms with Gasteiger partial charge >= 0.3 is 12.2 Å². The molecule has 6 rings (SSSR count). The maximum absolute atomic E-state index is 15.1. The summed E-state index contributed by atoms with van der Waals surface area (Å²) >= 11 is 0. The molecule has 0 aromatic heterocycles. The van der Waals surface area contributed by atoms with Crippen LogP contribution in [0.25, 0.3) is 22.3 Å². The van der Waals surface area contributed by atoms with E-state index >= 15 is 8.78 Å². The van der Waals surface area contributed by atoms with Crippen molar-refractivity contribution in [2.75, 3.05) is 4.90 Å². The molecular formula is C35H18F4N4O. The molecule has 5 aromatic carbocycles. The fourth-order valence-corrected chi connectivity index (χ4v) is 5.41. The van der Waals surface area contributed by atoms with Gasteiger partial charge in [-0.25, -0.2) is 4.74 Å². The van der Waals surface area contributed by atoms with Crippen molar-refractivity contribution in [3.63, 3.8) is 0 Å². The largest absolute Gasteiger partial charge is 0.390 e. The van der Waals surface area contributed by atoms with Gasteiger partial charge in [0.2, 0.25) is 0 Å². The summed E-state index contributed by atoms with van der Waals surface area (Å²) in [5.74, 6) is 0. The van der Waals surface area contributed by atoms with Crippen molar-refractivity contribution in [1.29, 1.82) is 15.8 Å². The SMILES string of the molecule is N#Cc1c(C#N)c2c(c(C#N)c1N(c1ccc(-c3ccccc3)cc1)c1ccc(-c3ccccc3)cc1)C(F)(F)OC2(F)F. The van der Waals surface area contributed by atoms with E-state index in [-0.39, 0.29) is 0 Å². The van der Waals surface area contributed by atoms with Gasteiger partial charge in [-0.1, -0.05) is 84.9 Å². The average molecular weight is 587 g/mol. The molecule has 0 unspecified atom stereocenters. The minimum Gasteiger partial charge on any atom is -0.308 e. The summed E-state index contributed by atoms with van der Waals surface area (Å²) in [5.41, 5.74) is -1.85. The van der Waals surface area contributed by atoms with Gasteiger partial charge in [-0.15, -0.1) is 0 Å². The fraction of sp³-hybridized carbons (Fsp3) is 0.0571. The first-order valence-electron chi connectivity index (χ1n) is 13.2. The smallest absolute Gasteiger partial charge is 0.308 e. The lowest BCUT2D eigenvalue weighted by Crippen LogP contribution is -2.19. The van der Waals surface area contributed by atoms with Gasteiger partial charge in [-0.3, -0.25) is 0 Å². The number of benzene rings is 5. The highest BCUT2D eigenvalue weighted by Crippen LogP contribution is 2.57. The Morgan fingerprint density at radius 1 is 0.477 bits per heavy atom. The van der Waals surface area contributed by atoms with Crippen LogP contribution < -0.4 is 4.90 Å². The van der Waals surface area contributed by atoms with Crippen LogP contribution in [0.15, 0.2) is 109 Å². The van der Waals surface area contributed by atoms with Crippen LogP contribution in [0.5, 0.6) is 0 Å². The highest BCUT2D eigenvalue weighted by Gasteiger charge is 2.61. The van der Waals surface area contributed by atoms with Gasteiger partial charge in [0.05, 0.1) is 33.5 Å². The molecule has 1 heterocycles. The summed E-state index contributed by atoms with van der Waals surface area (Å²) in [6.07, 6.45) is -9.22. The van der Waals surface area contributed by atoms with Gasteiger partial charge in [0, 0.05) is 11.4 Å². The first-order chi connectivity index (χ1) is 21.2. The molecule has 44 heavy (non-hydrogen) atoms. The number of anilines is 3. The molecule has 5 nitrogen and oxygen atoms in total. The van der Waals surface area contributed by atoms with Gasteiger partial charge < -0.3 is 4.90 Å². The predicted octanol–water partition coefficient (Wildman–Crippen LogP) is 9.23. The minimum atomic E-state index is -4.61. The summed E-state index contributed by atoms with van der Waals surface area (Å²) in [7, 11) is 0. The van der Waals surface area contributed by atoms with Crippen molar-refractivity contribution in [3.8, 4) is 40.5 Å². The second-order valence-corrected chi connectivity index (χ2v) is 9.86. The van der Waals surface area contributed by atoms with E-state index in [1.165, 1.54) is 11.0 Å². The van der Waals surface area contributed by atoms with Gasteiger partial charge in [-0.05, 0) is 46.5 Å². The summed E-state index contributed by atoms with van der Waals surface area (Å²) in [6.45, 7) is 0. The van der Waals surface area contributed by atoms with Crippen LogP contribution >= 0.6 is 0 Å². The normalized spacial score (nSPS) is 14.1. The Labute approximate surface area is 249 Å². The Hall–Kier alpha value is -5.95. The standard InChI is InChI=1S/C35H18F4N4O/c36-34(37)31-28(19-40)29(20-41)33(30(21-42)32(31)35(38,39)44-34)43(26-15-11-24(12-16-26)22-7-3-1-4-8-22)27-17-13-25(14-18-27)23-9-5-2-6-10-23/h1-18H. The molecule has 0 amide bonds. The monoisotopic (exact) mass is 586 g/mol. The number of nitriles is 3. The summed E-state index contributed by atoms with van der Waals surface area (Å²) in [5, 5.41) is 30.3. The van der Waals surface area contributed by atoms with E-state index in [0.717, 1.165) is 22.3 Å². The third-order valence-corrected chi connectivity index (χ3v) is 7.34. The first-order valence-corrected chi connectivity index (χ1v) is 13.2. The lowest BCUT2D eigenvalue weighted by molar-refractivity contribution is -0.369. The number of hydrogen-bond donors (Lipinski definition) is 0. The van der Waals surface area contributed by atoms with E-state index in [0.29, 0.717) is 11.4 Å². The number of ether oxygens (including phenoxy) is 1. The molecule has 0 N–H and O–H groups in total. The molecular weight excluding hydrogens is 568 g/mol. The second kappa shape index (κ2) is 10.7. The second-order valence-electron chi connectivity index (χ2n) is 9.86. The van der Waals surface area contributed by atoms with Crippen molar-refractivity contribution in [2.45, 2.75) is 12.2 Å². The molecule has 1 aliphatic heterocycles. The zero-order valence-electron chi connectivity index (χ0n) is 22.6. The maximum atomic E-state index is 15.1. The highest BCUT2D eigenvalue weighted by atomic mass is 19.3. The van der Waals surface area contributed by atoms with E-state index in [1.54, 1.807) is 60.7 Å². The molecule has 0 saturated carbocycles. The quantitative estimate of drug-likeness (QED) is 0.192. The van der Waals surface area contributed by atoms with Crippen molar-refractivity contribution in [3.05, 3.63) is 137 Å². The molecule has 0 radical (unpaired) electrons. The van der Waals surface area contributed by atoms with Crippen LogP contribution in [0.3, 0.4) is 0 Å². The Kier molecular flexibility index (Phi) is 6.86. The van der Waals surface area contributed by atoms with Crippen LogP contribution in [0.1, 0.15) is 27.8 Å². The Morgan fingerprint density at radius 2 is 0.841 bits per heavy atom. The predicted molar refractivity (Wildman–Crippen MR) is 155 cm³/mol. The number of rotatable bonds is 5. The Balaban J connectivity index is 1.64. The Bertz CT molecular complexity index is 1930. The van der Waals surface area contributed by atoms with E-state index in [4.69, 9.17) is 0 Å². The van der Waals surface area contributed by atoms with Crippen LogP contribution in [0.4, 0.5) is 34.6 Å². The third kappa shape index (κ3) is 4.61. The zero-order chi connectivity index (χ0) is 31.1. The maximum Gasteiger partial charge on any atom is 0.390 e. The molecule has 0 spiro atoms. The fourth-order valence-electron chi connectivity index (χ4n) is 5.41. The molecule has 0 atom stereocenters. The van der Waals surface area contributed by atoms with E-state index in [2.05, 4.69) is 4.74 Å². The number of fused-ring (bicyclic) bond motifs is 1. The molecule has 0 aliphatic carbocycles. The lowest BCUT2D eigenvalue weighted by Gasteiger charge is -2.29. The zero-order valence-corrected chi connectivity index (χ0v) is 22.6. The van der Waals surface area contributed by atoms with E-state index in [9.17, 15) is 24.6 Å². The van der Waals surface area contributed by atoms with Gasteiger partial charge in [-0.2, -0.15) is 33.3 Å². The summed E-state index contributed by atoms with van der Waals surface area (Å²) in [6, 6.07) is 37.3. The van der Waals surface area contributed by atoms with Crippen molar-refractivity contribution in [1.82, 2.24) is 0 Å². The third-order valence-electron chi connectivity index (χ3n) is 7.34. The molecule has 0 bridgehead atoms. The van der Waals surface area contributed by atoms with Crippen molar-refractivity contribution in [2.24, 2.45) is 0 Å². The van der Waals surface area contributed by atoms with Crippen molar-refractivity contribution >= 4 is 17.1 Å². The molecule has 0 saturated heterocycles. The van der Waals surface area contributed by atoms with Gasteiger partial charge in [0.25, 0.3) is 0 Å². The molecule has 5 aromatic rings. The van der Waals surface area contributed by atoms with Crippen LogP contribution in [0, 0.1) is 34.0 Å². The summed E-state index contributed by atoms with van der Waals surface area (Å²) in [4.78, 5) is 1.34. The topological polar surface area (TPSA) is 83.8 Å². The average Bonchev–Trinajstić information content (AvgIpc) is 3.25.